The molecule has 3 aliphatic rings. The molecular formula is C29H25F6N5O8S. The highest BCUT2D eigenvalue weighted by Gasteiger charge is 2.51. The lowest BCUT2D eigenvalue weighted by atomic mass is 10.0. The maximum Gasteiger partial charge on any atom is 0.430 e. The van der Waals surface area contributed by atoms with Crippen molar-refractivity contribution in [2.75, 3.05) is 17.6 Å². The van der Waals surface area contributed by atoms with E-state index < -0.39 is 64.5 Å². The van der Waals surface area contributed by atoms with Gasteiger partial charge in [-0.25, -0.2) is 4.79 Å². The van der Waals surface area contributed by atoms with Crippen molar-refractivity contribution in [3.63, 3.8) is 0 Å². The van der Waals surface area contributed by atoms with E-state index in [4.69, 9.17) is 15.6 Å². The largest absolute Gasteiger partial charge is 0.542 e. The Morgan fingerprint density at radius 2 is 1.73 bits per heavy atom. The highest BCUT2D eigenvalue weighted by atomic mass is 32.2. The van der Waals surface area contributed by atoms with Gasteiger partial charge in [-0.1, -0.05) is 0 Å². The van der Waals surface area contributed by atoms with Crippen LogP contribution < -0.4 is 20.7 Å². The van der Waals surface area contributed by atoms with E-state index in [1.165, 1.54) is 21.2 Å². The van der Waals surface area contributed by atoms with Gasteiger partial charge in [-0.05, 0) is 41.8 Å². The molecule has 0 spiro atoms. The maximum absolute atomic E-state index is 13.3. The van der Waals surface area contributed by atoms with Crippen LogP contribution in [0.2, 0.25) is 0 Å². The fourth-order valence-electron chi connectivity index (χ4n) is 4.96. The number of thioether (sulfide) groups is 1. The number of hydrogen-bond acceptors (Lipinski definition) is 9. The lowest BCUT2D eigenvalue weighted by molar-refractivity contribution is -0.684. The summed E-state index contributed by atoms with van der Waals surface area (Å²) in [6, 6.07) is 5.15. The van der Waals surface area contributed by atoms with Crippen LogP contribution in [0.3, 0.4) is 0 Å². The highest BCUT2D eigenvalue weighted by Crippen LogP contribution is 2.40. The number of alkyl halides is 6. The van der Waals surface area contributed by atoms with Gasteiger partial charge in [0.15, 0.2) is 12.4 Å². The van der Waals surface area contributed by atoms with Gasteiger partial charge in [0, 0.05) is 36.5 Å². The number of carbonyl (C=O) groups is 5. The zero-order valence-corrected chi connectivity index (χ0v) is 25.6. The third-order valence-electron chi connectivity index (χ3n) is 7.28. The number of nitrogens with two attached hydrogens (primary N) is 1. The second-order valence-electron chi connectivity index (χ2n) is 10.7. The maximum atomic E-state index is 13.3. The summed E-state index contributed by atoms with van der Waals surface area (Å²) in [4.78, 5) is 61.1. The molecule has 0 radical (unpaired) electrons. The van der Waals surface area contributed by atoms with Crippen molar-refractivity contribution in [1.82, 2.24) is 9.80 Å². The number of nitrogens with one attached hydrogen (secondary N) is 1. The van der Waals surface area contributed by atoms with E-state index in [1.54, 1.807) is 35.5 Å². The third-order valence-corrected chi connectivity index (χ3v) is 8.60. The second-order valence-corrected chi connectivity index (χ2v) is 11.8. The predicted octanol–water partition coefficient (Wildman–Crippen LogP) is 0.876. The molecule has 2 saturated heterocycles. The van der Waals surface area contributed by atoms with E-state index in [1.807, 2.05) is 0 Å². The number of anilines is 1. The second kappa shape index (κ2) is 14.2. The number of pyridine rings is 1. The van der Waals surface area contributed by atoms with E-state index >= 15 is 0 Å². The van der Waals surface area contributed by atoms with Gasteiger partial charge in [-0.15, -0.1) is 11.8 Å². The van der Waals surface area contributed by atoms with E-state index in [-0.39, 0.29) is 24.7 Å². The molecule has 5 N–H and O–H groups in total. The number of phenols is 1. The fraction of sp³-hybridized carbons (Fsp3) is 0.310. The molecule has 0 saturated carbocycles. The average Bonchev–Trinajstić information content (AvgIpc) is 3.35. The van der Waals surface area contributed by atoms with E-state index in [0.29, 0.717) is 35.9 Å². The Hall–Kier alpha value is -5.11. The Kier molecular flexibility index (Phi) is 10.6. The quantitative estimate of drug-likeness (QED) is 0.105. The zero-order valence-electron chi connectivity index (χ0n) is 24.7. The summed E-state index contributed by atoms with van der Waals surface area (Å²) in [7, 11) is 0. The number of carboxylic acids is 2. The number of benzene rings is 1. The molecule has 13 nitrogen and oxygen atoms in total. The van der Waals surface area contributed by atoms with Gasteiger partial charge < -0.3 is 36.1 Å². The number of hydrogen-bond donors (Lipinski definition) is 4. The topological polar surface area (TPSA) is 197 Å². The van der Waals surface area contributed by atoms with Gasteiger partial charge in [-0.3, -0.25) is 19.3 Å². The van der Waals surface area contributed by atoms with Crippen LogP contribution in [-0.2, 0) is 43.2 Å². The van der Waals surface area contributed by atoms with Crippen LogP contribution in [0.5, 0.6) is 5.75 Å². The lowest BCUT2D eigenvalue weighted by Gasteiger charge is -2.47. The zero-order chi connectivity index (χ0) is 36.4. The lowest BCUT2D eigenvalue weighted by Crippen LogP contribution is -2.68. The third kappa shape index (κ3) is 8.49. The number of fused-ring (bicyclic) bond motifs is 1. The number of β-lactam (4-membered cyclic amide) rings is 1. The van der Waals surface area contributed by atoms with Gasteiger partial charge in [0.1, 0.15) is 28.8 Å². The number of rotatable bonds is 7. The van der Waals surface area contributed by atoms with Crippen molar-refractivity contribution >= 4 is 47.1 Å². The number of amides is 3. The Labute approximate surface area is 276 Å². The molecule has 2 atom stereocenters. The molecule has 3 amide bonds. The molecule has 49 heavy (non-hydrogen) atoms. The summed E-state index contributed by atoms with van der Waals surface area (Å²) < 4.78 is 72.8. The van der Waals surface area contributed by atoms with Crippen molar-refractivity contribution < 1.29 is 70.2 Å². The van der Waals surface area contributed by atoms with Crippen LogP contribution in [0.15, 0.2) is 65.6 Å². The number of carboxylic acid groups (broad SMARTS) is 2. The predicted molar refractivity (Wildman–Crippen MR) is 153 cm³/mol. The van der Waals surface area contributed by atoms with Crippen LogP contribution in [-0.4, -0.2) is 79.6 Å². The van der Waals surface area contributed by atoms with Gasteiger partial charge >= 0.3 is 18.3 Å². The minimum absolute atomic E-state index is 0.152. The molecule has 262 valence electrons. The van der Waals surface area contributed by atoms with Crippen LogP contribution in [0.25, 0.3) is 0 Å². The minimum Gasteiger partial charge on any atom is -0.542 e. The van der Waals surface area contributed by atoms with Crippen molar-refractivity contribution in [2.45, 2.75) is 43.3 Å². The molecule has 1 aromatic carbocycles. The van der Waals surface area contributed by atoms with Gasteiger partial charge in [0.25, 0.3) is 5.91 Å². The molecule has 3 aliphatic heterocycles. The SMILES string of the molecule is N[C@@H]1C(=O)N2C(C(=O)O)=C(C=C3CCN(Cc4cc[n+](CC(=O)Nc5ccc(O)cc5C(F)(F)F)cc4)C3=O)CS[C@H]12.O=C([O-])C(F)(F)F. The summed E-state index contributed by atoms with van der Waals surface area (Å²) in [5.74, 6) is -5.99. The van der Waals surface area contributed by atoms with Crippen molar-refractivity contribution in [1.29, 1.82) is 0 Å². The average molecular weight is 718 g/mol. The molecule has 0 unspecified atom stereocenters. The number of carbonyl (C=O) groups excluding carboxylic acids is 4. The Balaban J connectivity index is 0.000000698. The fourth-order valence-corrected chi connectivity index (χ4v) is 6.22. The first kappa shape index (κ1) is 36.7. The van der Waals surface area contributed by atoms with Crippen molar-refractivity contribution in [2.24, 2.45) is 5.73 Å². The number of likely N-dealkylation sites (tertiary alicyclic amines) is 1. The van der Waals surface area contributed by atoms with E-state index in [0.717, 1.165) is 17.7 Å². The van der Waals surface area contributed by atoms with E-state index in [2.05, 4.69) is 5.32 Å². The number of phenolic OH excluding ortho intramolecular Hbond substituents is 1. The molecule has 2 fully saturated rings. The first-order valence-corrected chi connectivity index (χ1v) is 15.0. The summed E-state index contributed by atoms with van der Waals surface area (Å²) in [5, 5.41) is 29.7. The molecule has 2 aromatic rings. The Morgan fingerprint density at radius 3 is 2.31 bits per heavy atom. The number of nitrogens with zero attached hydrogens (tertiary/aromatic N) is 3. The molecule has 4 heterocycles. The van der Waals surface area contributed by atoms with Crippen LogP contribution in [0.4, 0.5) is 32.0 Å². The summed E-state index contributed by atoms with van der Waals surface area (Å²) in [5.41, 5.74) is 5.53. The molecular weight excluding hydrogens is 692 g/mol. The van der Waals surface area contributed by atoms with Crippen LogP contribution >= 0.6 is 11.8 Å². The van der Waals surface area contributed by atoms with Gasteiger partial charge in [-0.2, -0.15) is 30.9 Å². The van der Waals surface area contributed by atoms with Crippen molar-refractivity contribution in [3.05, 3.63) is 76.8 Å². The molecule has 20 heteroatoms. The molecule has 1 aromatic heterocycles. The summed E-state index contributed by atoms with van der Waals surface area (Å²) >= 11 is 1.35. The first-order valence-electron chi connectivity index (χ1n) is 13.9. The summed E-state index contributed by atoms with van der Waals surface area (Å²) in [6.45, 7) is 0.361. The first-order chi connectivity index (χ1) is 22.8. The standard InChI is InChI=1S/C27H24F3N5O6S.C2HF3O2/c28-27(29,30)18-10-17(36)1-2-19(18)32-20(37)12-33-6-3-14(4-7-33)11-34-8-5-15(23(34)38)9-16-13-42-25-21(31)24(39)35(25)22(16)26(40)41;3-2(4,5)1(6)7/h1-4,6-7,9-10,21,25H,5,8,11-13,31H2,(H2-,32,36,37,40,41);(H,6,7)/t21-,25-;/m1./s1. The molecule has 0 aliphatic carbocycles. The van der Waals surface area contributed by atoms with E-state index in [9.17, 15) is 55.7 Å². The Bertz CT molecular complexity index is 1750. The normalized spacial score (nSPS) is 20.0. The number of aromatic hydroxyl groups is 1. The monoisotopic (exact) mass is 717 g/mol. The van der Waals surface area contributed by atoms with Crippen molar-refractivity contribution in [3.8, 4) is 5.75 Å². The van der Waals surface area contributed by atoms with Gasteiger partial charge in [0.05, 0.1) is 11.3 Å². The van der Waals surface area contributed by atoms with Crippen LogP contribution in [0, 0.1) is 0 Å². The van der Waals surface area contributed by atoms with Crippen LogP contribution in [0.1, 0.15) is 17.5 Å². The van der Waals surface area contributed by atoms with Gasteiger partial charge in [0.2, 0.25) is 18.4 Å². The Morgan fingerprint density at radius 1 is 1.10 bits per heavy atom. The summed E-state index contributed by atoms with van der Waals surface area (Å²) in [6.07, 6.45) is -4.92. The smallest absolute Gasteiger partial charge is 0.430 e. The number of allylic oxidation sites excluding steroid dienone is 1. The number of aromatic nitrogens is 1. The number of halogens is 6. The highest BCUT2D eigenvalue weighted by molar-refractivity contribution is 8.00. The number of aliphatic carboxylic acids is 2. The molecule has 5 rings (SSSR count). The minimum atomic E-state index is -5.19. The molecule has 0 bridgehead atoms.